The van der Waals surface area contributed by atoms with Crippen LogP contribution in [0.25, 0.3) is 0 Å². The number of benzene rings is 1. The molecule has 0 bridgehead atoms. The van der Waals surface area contributed by atoms with Crippen LogP contribution in [0.2, 0.25) is 0 Å². The Labute approximate surface area is 249 Å². The molecule has 0 saturated heterocycles. The molecule has 2 rings (SSSR count). The third-order valence-corrected chi connectivity index (χ3v) is 7.17. The fourth-order valence-electron chi connectivity index (χ4n) is 3.99. The molecule has 2 aromatic rings. The summed E-state index contributed by atoms with van der Waals surface area (Å²) in [5, 5.41) is 10.2. The van der Waals surface area contributed by atoms with Gasteiger partial charge in [-0.15, -0.1) is 4.89 Å². The van der Waals surface area contributed by atoms with Crippen molar-refractivity contribution in [1.82, 2.24) is 4.98 Å². The summed E-state index contributed by atoms with van der Waals surface area (Å²) < 4.78 is 34.5. The van der Waals surface area contributed by atoms with Crippen LogP contribution in [0, 0.1) is 31.6 Å². The Kier molecular flexibility index (Phi) is 11.3. The van der Waals surface area contributed by atoms with Crippen molar-refractivity contribution in [2.75, 3.05) is 13.2 Å². The first-order valence-electron chi connectivity index (χ1n) is 13.8. The molecule has 11 heteroatoms. The molecule has 1 unspecified atom stereocenters. The first-order valence-corrected chi connectivity index (χ1v) is 15.0. The Morgan fingerprint density at radius 1 is 0.929 bits per heavy atom. The van der Waals surface area contributed by atoms with Crippen molar-refractivity contribution in [2.24, 2.45) is 10.8 Å². The molecule has 0 aliphatic rings. The van der Waals surface area contributed by atoms with E-state index in [1.807, 2.05) is 34.6 Å². The van der Waals surface area contributed by atoms with E-state index < -0.39 is 50.0 Å². The van der Waals surface area contributed by atoms with E-state index in [2.05, 4.69) is 4.98 Å². The summed E-state index contributed by atoms with van der Waals surface area (Å²) in [5.41, 5.74) is 3.06. The van der Waals surface area contributed by atoms with Crippen molar-refractivity contribution < 1.29 is 42.9 Å². The summed E-state index contributed by atoms with van der Waals surface area (Å²) in [6, 6.07) is 5.18. The van der Waals surface area contributed by atoms with E-state index >= 15 is 0 Å². The Morgan fingerprint density at radius 3 is 1.90 bits per heavy atom. The lowest BCUT2D eigenvalue weighted by molar-refractivity contribution is -0.206. The van der Waals surface area contributed by atoms with Gasteiger partial charge in [0.25, 0.3) is 0 Å². The highest BCUT2D eigenvalue weighted by atomic mass is 31.1. The van der Waals surface area contributed by atoms with Crippen LogP contribution in [0.1, 0.15) is 94.9 Å². The first-order chi connectivity index (χ1) is 19.2. The third kappa shape index (κ3) is 9.21. The van der Waals surface area contributed by atoms with Crippen LogP contribution in [-0.4, -0.2) is 45.9 Å². The fourth-order valence-corrected chi connectivity index (χ4v) is 4.42. The number of aromatic nitrogens is 1. The lowest BCUT2D eigenvalue weighted by Crippen LogP contribution is -2.49. The van der Waals surface area contributed by atoms with E-state index in [0.717, 1.165) is 22.4 Å². The fraction of sp³-hybridized carbons (Fsp3) is 0.581. The molecule has 1 aromatic heterocycles. The van der Waals surface area contributed by atoms with Gasteiger partial charge >= 0.3 is 26.0 Å². The Balaban J connectivity index is 2.54. The lowest BCUT2D eigenvalue weighted by atomic mass is 9.93. The maximum absolute atomic E-state index is 12.6. The number of esters is 2. The summed E-state index contributed by atoms with van der Waals surface area (Å²) in [6.45, 7) is 18.3. The summed E-state index contributed by atoms with van der Waals surface area (Å²) in [6.07, 6.45) is 0.495. The second-order valence-corrected chi connectivity index (χ2v) is 13.6. The molecule has 1 heterocycles. The van der Waals surface area contributed by atoms with Crippen molar-refractivity contribution >= 4 is 20.2 Å². The molecule has 0 aliphatic carbocycles. The molecule has 42 heavy (non-hydrogen) atoms. The summed E-state index contributed by atoms with van der Waals surface area (Å²) >= 11 is 0. The van der Waals surface area contributed by atoms with Gasteiger partial charge in [0.05, 0.1) is 16.5 Å². The smallest absolute Gasteiger partial charge is 0.506 e. The van der Waals surface area contributed by atoms with E-state index in [9.17, 15) is 24.2 Å². The zero-order chi connectivity index (χ0) is 32.2. The van der Waals surface area contributed by atoms with Gasteiger partial charge in [-0.25, -0.2) is 0 Å². The van der Waals surface area contributed by atoms with E-state index in [1.54, 1.807) is 59.7 Å². The average Bonchev–Trinajstić information content (AvgIpc) is 2.86. The highest BCUT2D eigenvalue weighted by Crippen LogP contribution is 2.36. The highest BCUT2D eigenvalue weighted by molar-refractivity contribution is 7.32. The Morgan fingerprint density at radius 2 is 1.45 bits per heavy atom. The standard InChI is InChI=1S/C31H44NO9P/c1-18(2)26-24(33)13-12-22(32-26)15-23-19(3)14-25(21(5)20(23)4)40-31(41-42(36)37,16-38-27(34)29(6,7)8)17-39-28(35)30(9,10)11/h12-14,18H,15-17H2,1-11H3,(H-,33,36,37)/p+1. The SMILES string of the molecule is Cc1cc(OC(COC(=O)C(C)(C)C)(COC(=O)C(C)(C)C)O[P+](=O)O)c(C)c(C)c1Cc1ccc(O)c(C(C)C)n1. The van der Waals surface area contributed by atoms with Gasteiger partial charge in [0.2, 0.25) is 0 Å². The summed E-state index contributed by atoms with van der Waals surface area (Å²) in [7, 11) is -3.26. The normalized spacial score (nSPS) is 12.7. The zero-order valence-corrected chi connectivity index (χ0v) is 27.5. The third-order valence-electron chi connectivity index (χ3n) is 6.68. The minimum absolute atomic E-state index is 0.0515. The van der Waals surface area contributed by atoms with E-state index in [1.165, 1.54) is 0 Å². The Hall–Kier alpha value is -3.07. The quantitative estimate of drug-likeness (QED) is 0.169. The predicted octanol–water partition coefficient (Wildman–Crippen LogP) is 6.35. The number of aromatic hydroxyl groups is 1. The molecule has 0 amide bonds. The van der Waals surface area contributed by atoms with Crippen LogP contribution >= 0.6 is 8.25 Å². The zero-order valence-electron chi connectivity index (χ0n) is 26.6. The van der Waals surface area contributed by atoms with Gasteiger partial charge in [0, 0.05) is 16.7 Å². The molecule has 0 radical (unpaired) electrons. The summed E-state index contributed by atoms with van der Waals surface area (Å²) in [5.74, 6) is -2.81. The molecule has 0 saturated carbocycles. The number of hydrogen-bond acceptors (Lipinski definition) is 9. The van der Waals surface area contributed by atoms with Crippen LogP contribution < -0.4 is 4.74 Å². The number of rotatable bonds is 11. The first kappa shape index (κ1) is 35.1. The maximum atomic E-state index is 12.6. The van der Waals surface area contributed by atoms with Gasteiger partial charge in [0.1, 0.15) is 11.5 Å². The van der Waals surface area contributed by atoms with Gasteiger partial charge in [-0.1, -0.05) is 18.4 Å². The molecule has 1 aromatic carbocycles. The number of nitrogens with zero attached hydrogens (tertiary/aromatic N) is 1. The second kappa shape index (κ2) is 13.5. The Bertz CT molecular complexity index is 1290. The van der Waals surface area contributed by atoms with E-state index in [4.69, 9.17) is 18.7 Å². The number of hydrogen-bond donors (Lipinski definition) is 2. The number of carbonyl (C=O) groups is 2. The summed E-state index contributed by atoms with van der Waals surface area (Å²) in [4.78, 5) is 39.7. The van der Waals surface area contributed by atoms with E-state index in [-0.39, 0.29) is 11.7 Å². The van der Waals surface area contributed by atoms with Crippen LogP contribution in [-0.2, 0) is 34.6 Å². The number of pyridine rings is 1. The number of aryl methyl sites for hydroxylation is 1. The molecule has 0 aliphatic heterocycles. The van der Waals surface area contributed by atoms with Crippen molar-refractivity contribution in [3.8, 4) is 11.5 Å². The molecular formula is C31H45NO9P+. The van der Waals surface area contributed by atoms with Crippen molar-refractivity contribution in [1.29, 1.82) is 0 Å². The van der Waals surface area contributed by atoms with Gasteiger partial charge in [-0.3, -0.25) is 14.6 Å². The molecule has 232 valence electrons. The van der Waals surface area contributed by atoms with Crippen LogP contribution in [0.4, 0.5) is 0 Å². The van der Waals surface area contributed by atoms with Crippen LogP contribution in [0.3, 0.4) is 0 Å². The molecule has 0 spiro atoms. The van der Waals surface area contributed by atoms with E-state index in [0.29, 0.717) is 23.4 Å². The molecule has 0 fully saturated rings. The minimum Gasteiger partial charge on any atom is -0.506 e. The molecule has 1 atom stereocenters. The van der Waals surface area contributed by atoms with Gasteiger partial charge in [0.15, 0.2) is 13.2 Å². The van der Waals surface area contributed by atoms with Crippen molar-refractivity contribution in [3.63, 3.8) is 0 Å². The van der Waals surface area contributed by atoms with Gasteiger partial charge in [-0.2, -0.15) is 0 Å². The molecule has 10 nitrogen and oxygen atoms in total. The van der Waals surface area contributed by atoms with Gasteiger partial charge in [-0.05, 0) is 109 Å². The molecular weight excluding hydrogens is 561 g/mol. The lowest BCUT2D eigenvalue weighted by Gasteiger charge is -2.31. The topological polar surface area (TPSA) is 141 Å². The van der Waals surface area contributed by atoms with Crippen LogP contribution in [0.5, 0.6) is 11.5 Å². The maximum Gasteiger partial charge on any atom is 0.699 e. The second-order valence-electron chi connectivity index (χ2n) is 13.0. The largest absolute Gasteiger partial charge is 0.699 e. The van der Waals surface area contributed by atoms with Crippen LogP contribution in [0.15, 0.2) is 18.2 Å². The monoisotopic (exact) mass is 606 g/mol. The predicted molar refractivity (Wildman–Crippen MR) is 159 cm³/mol. The van der Waals surface area contributed by atoms with Gasteiger partial charge < -0.3 is 19.3 Å². The van der Waals surface area contributed by atoms with Crippen molar-refractivity contribution in [3.05, 3.63) is 51.8 Å². The number of carbonyl (C=O) groups excluding carboxylic acids is 2. The highest BCUT2D eigenvalue weighted by Gasteiger charge is 2.48. The average molecular weight is 607 g/mol. The van der Waals surface area contributed by atoms with Crippen molar-refractivity contribution in [2.45, 2.75) is 94.3 Å². The molecule has 2 N–H and O–H groups in total. The number of ether oxygens (including phenoxy) is 3. The minimum atomic E-state index is -3.26.